The molecule has 128 valence electrons. The number of benzene rings is 1. The van der Waals surface area contributed by atoms with Crippen molar-refractivity contribution >= 4 is 5.97 Å². The molecule has 2 saturated heterocycles. The lowest BCUT2D eigenvalue weighted by atomic mass is 9.78. The molecule has 3 rings (SSSR count). The molecule has 4 atom stereocenters. The Morgan fingerprint density at radius 2 is 1.83 bits per heavy atom. The molecule has 0 aromatic heterocycles. The van der Waals surface area contributed by atoms with Gasteiger partial charge in [0.25, 0.3) is 0 Å². The molecule has 24 heavy (non-hydrogen) atoms. The van der Waals surface area contributed by atoms with E-state index in [1.54, 1.807) is 12.2 Å². The molecule has 0 amide bonds. The van der Waals surface area contributed by atoms with Crippen molar-refractivity contribution in [3.8, 4) is 5.75 Å². The molecule has 1 N–H and O–H groups in total. The van der Waals surface area contributed by atoms with E-state index in [1.165, 1.54) is 0 Å². The lowest BCUT2D eigenvalue weighted by molar-refractivity contribution is -0.136. The average molecular weight is 328 g/mol. The fourth-order valence-corrected chi connectivity index (χ4v) is 3.70. The number of fused-ring (bicyclic) bond motifs is 2. The topological polar surface area (TPSA) is 55.8 Å². The summed E-state index contributed by atoms with van der Waals surface area (Å²) in [6, 6.07) is 9.91. The van der Waals surface area contributed by atoms with Crippen LogP contribution in [0.25, 0.3) is 0 Å². The summed E-state index contributed by atoms with van der Waals surface area (Å²) in [5.74, 6) is 1.01. The van der Waals surface area contributed by atoms with Gasteiger partial charge in [-0.3, -0.25) is 4.79 Å². The number of ether oxygens (including phenoxy) is 2. The molecule has 2 aliphatic heterocycles. The van der Waals surface area contributed by atoms with Crippen LogP contribution in [0, 0.1) is 11.8 Å². The van der Waals surface area contributed by atoms with E-state index in [0.29, 0.717) is 30.7 Å². The Balaban J connectivity index is 1.52. The molecule has 1 aromatic rings. The van der Waals surface area contributed by atoms with Gasteiger partial charge < -0.3 is 14.6 Å². The zero-order chi connectivity index (χ0) is 16.8. The number of carbonyl (C=O) groups is 1. The van der Waals surface area contributed by atoms with Crippen molar-refractivity contribution in [1.29, 1.82) is 0 Å². The van der Waals surface area contributed by atoms with Crippen molar-refractivity contribution < 1.29 is 19.4 Å². The van der Waals surface area contributed by atoms with Crippen molar-refractivity contribution in [2.24, 2.45) is 11.8 Å². The van der Waals surface area contributed by atoms with Crippen LogP contribution in [0.1, 0.15) is 25.7 Å². The van der Waals surface area contributed by atoms with Gasteiger partial charge in [0, 0.05) is 5.92 Å². The van der Waals surface area contributed by atoms with Gasteiger partial charge in [-0.15, -0.1) is 0 Å². The molecular formula is C20H24O4. The fourth-order valence-electron chi connectivity index (χ4n) is 3.70. The molecule has 2 bridgehead atoms. The number of hydrogen-bond acceptors (Lipinski definition) is 3. The lowest BCUT2D eigenvalue weighted by Crippen LogP contribution is -2.31. The largest absolute Gasteiger partial charge is 0.493 e. The number of allylic oxidation sites excluding steroid dienone is 3. The highest BCUT2D eigenvalue weighted by molar-refractivity contribution is 5.68. The zero-order valence-corrected chi connectivity index (χ0v) is 13.7. The highest BCUT2D eigenvalue weighted by Crippen LogP contribution is 2.45. The Kier molecular flexibility index (Phi) is 5.70. The first-order valence-corrected chi connectivity index (χ1v) is 8.61. The Morgan fingerprint density at radius 3 is 2.58 bits per heavy atom. The number of rotatable bonds is 8. The highest BCUT2D eigenvalue weighted by Gasteiger charge is 2.48. The van der Waals surface area contributed by atoms with Gasteiger partial charge in [-0.1, -0.05) is 42.5 Å². The SMILES string of the molecule is O=C(O)CC=C/C=C\C[C@H]1[C@@H](COc2ccccc2)[C@H]2CC[C@@H]1O2. The van der Waals surface area contributed by atoms with Gasteiger partial charge in [0.1, 0.15) is 5.75 Å². The van der Waals surface area contributed by atoms with Crippen LogP contribution in [0.2, 0.25) is 0 Å². The van der Waals surface area contributed by atoms with Gasteiger partial charge in [-0.05, 0) is 37.3 Å². The molecule has 0 unspecified atom stereocenters. The van der Waals surface area contributed by atoms with E-state index in [2.05, 4.69) is 6.08 Å². The Morgan fingerprint density at radius 1 is 1.12 bits per heavy atom. The van der Waals surface area contributed by atoms with Crippen LogP contribution < -0.4 is 4.74 Å². The summed E-state index contributed by atoms with van der Waals surface area (Å²) < 4.78 is 12.0. The van der Waals surface area contributed by atoms with Gasteiger partial charge in [0.2, 0.25) is 0 Å². The van der Waals surface area contributed by atoms with Crippen LogP contribution in [-0.4, -0.2) is 29.9 Å². The van der Waals surface area contributed by atoms with E-state index >= 15 is 0 Å². The van der Waals surface area contributed by atoms with E-state index in [1.807, 2.05) is 36.4 Å². The Hall–Kier alpha value is -2.07. The maximum absolute atomic E-state index is 10.5. The highest BCUT2D eigenvalue weighted by atomic mass is 16.5. The second-order valence-electron chi connectivity index (χ2n) is 6.43. The molecule has 1 aromatic carbocycles. The summed E-state index contributed by atoms with van der Waals surface area (Å²) in [5, 5.41) is 8.60. The van der Waals surface area contributed by atoms with Crippen LogP contribution in [0.4, 0.5) is 0 Å². The summed E-state index contributed by atoms with van der Waals surface area (Å²) in [4.78, 5) is 10.5. The second-order valence-corrected chi connectivity index (χ2v) is 6.43. The molecule has 2 fully saturated rings. The van der Waals surface area contributed by atoms with E-state index in [-0.39, 0.29) is 6.42 Å². The van der Waals surface area contributed by atoms with Crippen molar-refractivity contribution in [3.05, 3.63) is 54.6 Å². The molecule has 2 aliphatic rings. The minimum absolute atomic E-state index is 0.0646. The van der Waals surface area contributed by atoms with Crippen molar-refractivity contribution in [2.75, 3.05) is 6.61 Å². The van der Waals surface area contributed by atoms with E-state index in [9.17, 15) is 4.79 Å². The number of hydrogen-bond donors (Lipinski definition) is 1. The fraction of sp³-hybridized carbons (Fsp3) is 0.450. The summed E-state index contributed by atoms with van der Waals surface area (Å²) in [6.45, 7) is 0.693. The minimum atomic E-state index is -0.806. The third-order valence-corrected chi connectivity index (χ3v) is 4.86. The maximum atomic E-state index is 10.5. The molecular weight excluding hydrogens is 304 g/mol. The van der Waals surface area contributed by atoms with Crippen molar-refractivity contribution in [2.45, 2.75) is 37.9 Å². The smallest absolute Gasteiger partial charge is 0.307 e. The normalized spacial score (nSPS) is 28.8. The minimum Gasteiger partial charge on any atom is -0.493 e. The third kappa shape index (κ3) is 4.26. The molecule has 4 nitrogen and oxygen atoms in total. The van der Waals surface area contributed by atoms with Crippen molar-refractivity contribution in [1.82, 2.24) is 0 Å². The first kappa shape index (κ1) is 16.8. The van der Waals surface area contributed by atoms with E-state index in [4.69, 9.17) is 14.6 Å². The number of aliphatic carboxylic acids is 1. The molecule has 0 spiro atoms. The van der Waals surface area contributed by atoms with Crippen LogP contribution in [0.15, 0.2) is 54.6 Å². The lowest BCUT2D eigenvalue weighted by Gasteiger charge is -2.27. The second kappa shape index (κ2) is 8.15. The monoisotopic (exact) mass is 328 g/mol. The Labute approximate surface area is 142 Å². The van der Waals surface area contributed by atoms with Crippen LogP contribution in [0.3, 0.4) is 0 Å². The van der Waals surface area contributed by atoms with E-state index in [0.717, 1.165) is 25.0 Å². The summed E-state index contributed by atoms with van der Waals surface area (Å²) in [7, 11) is 0. The quantitative estimate of drug-likeness (QED) is 0.737. The predicted molar refractivity (Wildman–Crippen MR) is 92.0 cm³/mol. The first-order valence-electron chi connectivity index (χ1n) is 8.61. The summed E-state index contributed by atoms with van der Waals surface area (Å²) in [6.07, 6.45) is 11.4. The molecule has 0 radical (unpaired) electrons. The maximum Gasteiger partial charge on any atom is 0.307 e. The number of para-hydroxylation sites is 1. The molecule has 0 saturated carbocycles. The van der Waals surface area contributed by atoms with Gasteiger partial charge in [-0.25, -0.2) is 0 Å². The summed E-state index contributed by atoms with van der Waals surface area (Å²) >= 11 is 0. The Bertz CT molecular complexity index is 593. The first-order chi connectivity index (χ1) is 11.7. The third-order valence-electron chi connectivity index (χ3n) is 4.86. The predicted octanol–water partition coefficient (Wildman–Crippen LogP) is 3.84. The summed E-state index contributed by atoms with van der Waals surface area (Å²) in [5.41, 5.74) is 0. The van der Waals surface area contributed by atoms with Gasteiger partial charge in [-0.2, -0.15) is 0 Å². The molecule has 4 heteroatoms. The zero-order valence-electron chi connectivity index (χ0n) is 13.7. The van der Waals surface area contributed by atoms with E-state index < -0.39 is 5.97 Å². The molecule has 2 heterocycles. The average Bonchev–Trinajstić information content (AvgIpc) is 3.18. The van der Waals surface area contributed by atoms with Crippen molar-refractivity contribution in [3.63, 3.8) is 0 Å². The van der Waals surface area contributed by atoms with Crippen LogP contribution >= 0.6 is 0 Å². The van der Waals surface area contributed by atoms with Gasteiger partial charge >= 0.3 is 5.97 Å². The molecule has 0 aliphatic carbocycles. The number of carboxylic acids is 1. The van der Waals surface area contributed by atoms with Gasteiger partial charge in [0.15, 0.2) is 0 Å². The number of carboxylic acid groups (broad SMARTS) is 1. The van der Waals surface area contributed by atoms with Gasteiger partial charge in [0.05, 0.1) is 25.2 Å². The van der Waals surface area contributed by atoms with Crippen LogP contribution in [-0.2, 0) is 9.53 Å². The standard InChI is InChI=1S/C20H24O4/c21-20(22)11-7-2-1-6-10-16-17(19-13-12-18(16)24-19)14-23-15-8-4-3-5-9-15/h1-9,16-19H,10-14H2,(H,21,22)/b6-1-,7-2?/t16-,17+,18-,19+/m0/s1. The van der Waals surface area contributed by atoms with Crippen LogP contribution in [0.5, 0.6) is 5.75 Å².